The molecule has 0 saturated carbocycles. The summed E-state index contributed by atoms with van der Waals surface area (Å²) in [4.78, 5) is 41.9. The van der Waals surface area contributed by atoms with Gasteiger partial charge in [0.2, 0.25) is 5.91 Å². The van der Waals surface area contributed by atoms with Crippen molar-refractivity contribution in [2.75, 3.05) is 48.3 Å². The molecule has 296 valence electrons. The number of likely N-dealkylation sites (N-methyl/N-ethyl adjacent to an activating group) is 1. The molecule has 0 fully saturated rings. The van der Waals surface area contributed by atoms with Gasteiger partial charge in [0.05, 0.1) is 5.69 Å². The maximum absolute atomic E-state index is 13.9. The molecule has 2 aliphatic heterocycles. The highest BCUT2D eigenvalue weighted by Crippen LogP contribution is 2.47. The smallest absolute Gasteiger partial charge is 0.407 e. The predicted octanol–water partition coefficient (Wildman–Crippen LogP) is 9.42. The zero-order chi connectivity index (χ0) is 40.5. The van der Waals surface area contributed by atoms with Crippen molar-refractivity contribution in [1.29, 1.82) is 0 Å². The molecule has 3 aliphatic rings. The molecule has 0 saturated heterocycles. The van der Waals surface area contributed by atoms with Gasteiger partial charge in [-0.15, -0.1) is 23.2 Å². The van der Waals surface area contributed by atoms with Crippen molar-refractivity contribution >= 4 is 74.4 Å². The van der Waals surface area contributed by atoms with Crippen LogP contribution in [-0.2, 0) is 14.3 Å². The molecule has 9 nitrogen and oxygen atoms in total. The van der Waals surface area contributed by atoms with E-state index in [0.29, 0.717) is 35.2 Å². The number of phenolic OH excluding ortho intramolecular Hbond substituents is 2. The van der Waals surface area contributed by atoms with Crippen LogP contribution in [0.3, 0.4) is 0 Å². The number of nitrogens with one attached hydrogen (secondary N) is 1. The van der Waals surface area contributed by atoms with Gasteiger partial charge >= 0.3 is 6.09 Å². The summed E-state index contributed by atoms with van der Waals surface area (Å²) in [6.45, 7) is 1.33. The van der Waals surface area contributed by atoms with Gasteiger partial charge < -0.3 is 34.9 Å². The topological polar surface area (TPSA) is 119 Å². The number of anilines is 2. The molecule has 9 rings (SSSR count). The standard InChI is InChI=1S/C33H29ClN2O5.C14H14ClNO/c34-17-20-18-36(29-16-30(38)25-12-5-6-13-26(25)31(20)29)32(39)28(14-7-15-37)35-33(40)41-19-27-23-10-3-1-8-21(23)22-9-2-4-11-24(22)27;1-16-8-9(7-15)14-11-5-3-2-4-10(11)13(17)6-12(14)16/h1-6,8-13,15-16,20,27-28,38H,7,14,17-19H2,(H,35,40);2-6,9,17H,7-8H2,1H3. The monoisotopic (exact) mass is 815 g/mol. The van der Waals surface area contributed by atoms with Crippen molar-refractivity contribution in [2.45, 2.75) is 36.6 Å². The molecule has 0 aromatic heterocycles. The number of carbonyl (C=O) groups is 3. The Hall–Kier alpha value is -5.77. The largest absolute Gasteiger partial charge is 0.507 e. The summed E-state index contributed by atoms with van der Waals surface area (Å²) in [6, 6.07) is 34.0. The quantitative estimate of drug-likeness (QED) is 0.0983. The lowest BCUT2D eigenvalue weighted by Gasteiger charge is -2.25. The lowest BCUT2D eigenvalue weighted by atomic mass is 9.95. The van der Waals surface area contributed by atoms with E-state index in [1.54, 1.807) is 11.0 Å². The van der Waals surface area contributed by atoms with Gasteiger partial charge in [-0.3, -0.25) is 4.79 Å². The second-order valence-corrected chi connectivity index (χ2v) is 15.7. The van der Waals surface area contributed by atoms with Gasteiger partial charge in [-0.1, -0.05) is 97.1 Å². The molecule has 3 atom stereocenters. The predicted molar refractivity (Wildman–Crippen MR) is 231 cm³/mol. The summed E-state index contributed by atoms with van der Waals surface area (Å²) in [5, 5.41) is 27.0. The molecular weight excluding hydrogens is 773 g/mol. The highest BCUT2D eigenvalue weighted by Gasteiger charge is 2.38. The van der Waals surface area contributed by atoms with Crippen molar-refractivity contribution in [3.63, 3.8) is 0 Å². The molecule has 0 bridgehead atoms. The first-order valence-electron chi connectivity index (χ1n) is 19.4. The molecule has 3 unspecified atom stereocenters. The Morgan fingerprint density at radius 1 is 0.759 bits per heavy atom. The van der Waals surface area contributed by atoms with Crippen molar-refractivity contribution < 1.29 is 29.3 Å². The van der Waals surface area contributed by atoms with Crippen LogP contribution in [-0.4, -0.2) is 73.0 Å². The number of fused-ring (bicyclic) bond motifs is 9. The van der Waals surface area contributed by atoms with E-state index in [1.165, 1.54) is 5.56 Å². The third-order valence-corrected chi connectivity index (χ3v) is 12.4. The van der Waals surface area contributed by atoms with Crippen LogP contribution in [0.15, 0.2) is 109 Å². The van der Waals surface area contributed by atoms with Crippen LogP contribution in [0.4, 0.5) is 16.2 Å². The Morgan fingerprint density at radius 2 is 1.26 bits per heavy atom. The number of carbonyl (C=O) groups excluding carboxylic acids is 3. The number of aromatic hydroxyl groups is 2. The molecule has 2 amide bonds. The van der Waals surface area contributed by atoms with Crippen LogP contribution in [0.2, 0.25) is 0 Å². The number of alkyl carbamates (subject to hydrolysis) is 1. The lowest BCUT2D eigenvalue weighted by Crippen LogP contribution is -2.49. The van der Waals surface area contributed by atoms with Gasteiger partial charge in [-0.05, 0) is 50.6 Å². The van der Waals surface area contributed by atoms with E-state index in [4.69, 9.17) is 27.9 Å². The number of alkyl halides is 2. The molecule has 6 aromatic carbocycles. The normalized spacial score (nSPS) is 16.9. The first kappa shape index (κ1) is 39.1. The average molecular weight is 817 g/mol. The molecule has 1 aliphatic carbocycles. The van der Waals surface area contributed by atoms with Crippen LogP contribution in [0, 0.1) is 0 Å². The summed E-state index contributed by atoms with van der Waals surface area (Å²) >= 11 is 12.4. The van der Waals surface area contributed by atoms with E-state index in [-0.39, 0.29) is 48.8 Å². The Morgan fingerprint density at radius 3 is 1.83 bits per heavy atom. The molecular formula is C47H43Cl2N3O6. The van der Waals surface area contributed by atoms with Gasteiger partial charge in [-0.2, -0.15) is 0 Å². The zero-order valence-corrected chi connectivity index (χ0v) is 33.4. The summed E-state index contributed by atoms with van der Waals surface area (Å²) in [6.07, 6.45) is 0.191. The fourth-order valence-electron chi connectivity index (χ4n) is 8.98. The Balaban J connectivity index is 0.000000229. The molecule has 0 spiro atoms. The number of aldehydes is 1. The van der Waals surface area contributed by atoms with Crippen molar-refractivity contribution in [2.24, 2.45) is 0 Å². The molecule has 58 heavy (non-hydrogen) atoms. The highest BCUT2D eigenvalue weighted by molar-refractivity contribution is 6.19. The van der Waals surface area contributed by atoms with Crippen LogP contribution in [0.25, 0.3) is 32.7 Å². The third kappa shape index (κ3) is 7.07. The fraction of sp³-hybridized carbons (Fsp3) is 0.255. The van der Waals surface area contributed by atoms with E-state index in [1.807, 2.05) is 92.0 Å². The van der Waals surface area contributed by atoms with Crippen molar-refractivity contribution in [3.05, 3.63) is 131 Å². The molecule has 6 aromatic rings. The van der Waals surface area contributed by atoms with Crippen molar-refractivity contribution in [1.82, 2.24) is 5.32 Å². The van der Waals surface area contributed by atoms with Crippen LogP contribution >= 0.6 is 23.2 Å². The fourth-order valence-corrected chi connectivity index (χ4v) is 9.48. The molecule has 3 N–H and O–H groups in total. The average Bonchev–Trinajstić information content (AvgIpc) is 3.90. The maximum atomic E-state index is 13.9. The maximum Gasteiger partial charge on any atom is 0.407 e. The van der Waals surface area contributed by atoms with Crippen LogP contribution in [0.1, 0.15) is 52.8 Å². The minimum absolute atomic E-state index is 0.0568. The minimum Gasteiger partial charge on any atom is -0.507 e. The Kier molecular flexibility index (Phi) is 11.2. The lowest BCUT2D eigenvalue weighted by molar-refractivity contribution is -0.120. The number of hydrogen-bond acceptors (Lipinski definition) is 7. The van der Waals surface area contributed by atoms with Gasteiger partial charge in [-0.25, -0.2) is 4.79 Å². The van der Waals surface area contributed by atoms with E-state index >= 15 is 0 Å². The van der Waals surface area contributed by atoms with Gasteiger partial charge in [0, 0.05) is 84.7 Å². The van der Waals surface area contributed by atoms with E-state index in [0.717, 1.165) is 62.5 Å². The third-order valence-electron chi connectivity index (χ3n) is 11.6. The van der Waals surface area contributed by atoms with E-state index in [9.17, 15) is 24.6 Å². The number of amides is 2. The number of ether oxygens (including phenoxy) is 1. The first-order chi connectivity index (χ1) is 28.2. The second kappa shape index (κ2) is 16.6. The number of nitrogens with zero attached hydrogens (tertiary/aromatic N) is 2. The van der Waals surface area contributed by atoms with Crippen molar-refractivity contribution in [3.8, 4) is 22.6 Å². The number of hydrogen-bond donors (Lipinski definition) is 3. The number of benzene rings is 6. The minimum atomic E-state index is -0.994. The van der Waals surface area contributed by atoms with E-state index in [2.05, 4.69) is 28.4 Å². The molecule has 11 heteroatoms. The first-order valence-corrected chi connectivity index (χ1v) is 20.5. The second-order valence-electron chi connectivity index (χ2n) is 15.0. The SMILES string of the molecule is CN1CC(CCl)c2c1cc(O)c1ccccc21.O=CCCC(NC(=O)OCC1c2ccccc2-c2ccccc21)C(=O)N1CC(CCl)c2c1cc(O)c1ccccc21. The summed E-state index contributed by atoms with van der Waals surface area (Å²) in [5.74, 6) is 0.996. The number of rotatable bonds is 9. The molecule has 2 heterocycles. The summed E-state index contributed by atoms with van der Waals surface area (Å²) in [7, 11) is 2.04. The Labute approximate surface area is 346 Å². The van der Waals surface area contributed by atoms with Gasteiger partial charge in [0.25, 0.3) is 0 Å². The van der Waals surface area contributed by atoms with Crippen LogP contribution in [0.5, 0.6) is 11.5 Å². The van der Waals surface area contributed by atoms with Crippen LogP contribution < -0.4 is 15.1 Å². The number of phenols is 2. The van der Waals surface area contributed by atoms with Gasteiger partial charge in [0.1, 0.15) is 30.4 Å². The summed E-state index contributed by atoms with van der Waals surface area (Å²) < 4.78 is 5.68. The van der Waals surface area contributed by atoms with Gasteiger partial charge in [0.15, 0.2) is 0 Å². The number of halogens is 2. The molecule has 0 radical (unpaired) electrons. The zero-order valence-electron chi connectivity index (χ0n) is 31.9. The van der Waals surface area contributed by atoms with E-state index < -0.39 is 12.1 Å². The highest BCUT2D eigenvalue weighted by atomic mass is 35.5. The summed E-state index contributed by atoms with van der Waals surface area (Å²) in [5.41, 5.74) is 8.23. The Bertz CT molecular complexity index is 2500.